The van der Waals surface area contributed by atoms with Gasteiger partial charge in [0.05, 0.1) is 5.56 Å². The normalized spacial score (nSPS) is 12.7. The van der Waals surface area contributed by atoms with Crippen LogP contribution >= 0.6 is 0 Å². The lowest BCUT2D eigenvalue weighted by molar-refractivity contribution is -0.137. The zero-order valence-electron chi connectivity index (χ0n) is 19.7. The van der Waals surface area contributed by atoms with E-state index < -0.39 is 11.7 Å². The number of hydrogen-bond donors (Lipinski definition) is 0. The minimum atomic E-state index is -4.48. The van der Waals surface area contributed by atoms with E-state index in [1.165, 1.54) is 6.07 Å². The van der Waals surface area contributed by atoms with Gasteiger partial charge in [0.2, 0.25) is 0 Å². The SMILES string of the molecule is CCCCCCC(Oc1ccc(-c2ccc(C(C)C)cc2)c(C(F)(F)F)c1)c1ccccc1. The molecule has 3 aromatic carbocycles. The molecule has 0 radical (unpaired) electrons. The molecule has 0 spiro atoms. The van der Waals surface area contributed by atoms with Crippen molar-refractivity contribution in [1.29, 1.82) is 0 Å². The summed E-state index contributed by atoms with van der Waals surface area (Å²) in [4.78, 5) is 0. The minimum absolute atomic E-state index is 0.171. The van der Waals surface area contributed by atoms with Gasteiger partial charge in [-0.1, -0.05) is 101 Å². The third-order valence-corrected chi connectivity index (χ3v) is 5.95. The van der Waals surface area contributed by atoms with Crippen LogP contribution in [-0.2, 0) is 6.18 Å². The van der Waals surface area contributed by atoms with E-state index in [2.05, 4.69) is 20.8 Å². The Hall–Kier alpha value is -2.75. The van der Waals surface area contributed by atoms with Crippen molar-refractivity contribution in [2.45, 2.75) is 71.1 Å². The Morgan fingerprint density at radius 2 is 1.48 bits per heavy atom. The van der Waals surface area contributed by atoms with E-state index in [4.69, 9.17) is 4.74 Å². The maximum absolute atomic E-state index is 14.0. The zero-order chi connectivity index (χ0) is 23.8. The molecule has 0 saturated heterocycles. The molecule has 1 atom stereocenters. The average molecular weight is 455 g/mol. The first-order valence-corrected chi connectivity index (χ1v) is 11.8. The van der Waals surface area contributed by atoms with Crippen molar-refractivity contribution in [3.05, 3.63) is 89.5 Å². The summed E-state index contributed by atoms with van der Waals surface area (Å²) >= 11 is 0. The van der Waals surface area contributed by atoms with Crippen LogP contribution in [0.5, 0.6) is 5.75 Å². The standard InChI is InChI=1S/C29H33F3O/c1-4-5-6-10-13-28(24-11-8-7-9-12-24)33-25-18-19-26(27(20-25)29(30,31)32)23-16-14-22(15-17-23)21(2)3/h7-9,11-12,14-21,28H,4-6,10,13H2,1-3H3. The highest BCUT2D eigenvalue weighted by Gasteiger charge is 2.34. The quantitative estimate of drug-likeness (QED) is 0.277. The second-order valence-corrected chi connectivity index (χ2v) is 8.85. The molecule has 0 heterocycles. The van der Waals surface area contributed by atoms with Crippen LogP contribution in [0.3, 0.4) is 0 Å². The van der Waals surface area contributed by atoms with Gasteiger partial charge in [0, 0.05) is 0 Å². The highest BCUT2D eigenvalue weighted by molar-refractivity contribution is 5.69. The number of ether oxygens (including phenoxy) is 1. The lowest BCUT2D eigenvalue weighted by Crippen LogP contribution is -2.11. The van der Waals surface area contributed by atoms with Gasteiger partial charge in [-0.2, -0.15) is 13.2 Å². The largest absolute Gasteiger partial charge is 0.486 e. The van der Waals surface area contributed by atoms with Gasteiger partial charge in [0.15, 0.2) is 0 Å². The third-order valence-electron chi connectivity index (χ3n) is 5.95. The average Bonchev–Trinajstić information content (AvgIpc) is 2.81. The molecular weight excluding hydrogens is 421 g/mol. The maximum atomic E-state index is 14.0. The van der Waals surface area contributed by atoms with E-state index in [1.807, 2.05) is 42.5 Å². The molecule has 0 saturated carbocycles. The van der Waals surface area contributed by atoms with Crippen LogP contribution in [0.1, 0.15) is 81.6 Å². The molecule has 0 aliphatic rings. The van der Waals surface area contributed by atoms with E-state index in [0.29, 0.717) is 11.5 Å². The van der Waals surface area contributed by atoms with Gasteiger partial charge in [-0.15, -0.1) is 0 Å². The summed E-state index contributed by atoms with van der Waals surface area (Å²) in [6.07, 6.45) is 0.344. The van der Waals surface area contributed by atoms with Crippen LogP contribution in [0.4, 0.5) is 13.2 Å². The molecule has 1 nitrogen and oxygen atoms in total. The summed E-state index contributed by atoms with van der Waals surface area (Å²) in [5, 5.41) is 0. The number of hydrogen-bond acceptors (Lipinski definition) is 1. The van der Waals surface area contributed by atoms with Crippen molar-refractivity contribution in [1.82, 2.24) is 0 Å². The van der Waals surface area contributed by atoms with Gasteiger partial charge in [-0.25, -0.2) is 0 Å². The fraction of sp³-hybridized carbons (Fsp3) is 0.379. The molecule has 0 aliphatic heterocycles. The Bertz CT molecular complexity index is 992. The second kappa shape index (κ2) is 11.4. The van der Waals surface area contributed by atoms with Crippen molar-refractivity contribution < 1.29 is 17.9 Å². The summed E-state index contributed by atoms with van der Waals surface area (Å²) < 4.78 is 48.2. The van der Waals surface area contributed by atoms with Crippen LogP contribution in [0.15, 0.2) is 72.8 Å². The Kier molecular flexibility index (Phi) is 8.60. The summed E-state index contributed by atoms with van der Waals surface area (Å²) in [6.45, 7) is 6.28. The predicted octanol–water partition coefficient (Wildman–Crippen LogP) is 9.59. The minimum Gasteiger partial charge on any atom is -0.486 e. The molecule has 3 aromatic rings. The van der Waals surface area contributed by atoms with Gasteiger partial charge in [0.1, 0.15) is 11.9 Å². The molecule has 4 heteroatoms. The fourth-order valence-electron chi connectivity index (χ4n) is 4.01. The van der Waals surface area contributed by atoms with Crippen LogP contribution in [0.2, 0.25) is 0 Å². The first kappa shape index (κ1) is 24.9. The summed E-state index contributed by atoms with van der Waals surface area (Å²) in [6, 6.07) is 21.4. The van der Waals surface area contributed by atoms with E-state index >= 15 is 0 Å². The summed E-state index contributed by atoms with van der Waals surface area (Å²) in [7, 11) is 0. The molecule has 0 fully saturated rings. The molecule has 176 valence electrons. The molecule has 1 unspecified atom stereocenters. The fourth-order valence-corrected chi connectivity index (χ4v) is 4.01. The molecule has 3 rings (SSSR count). The molecule has 33 heavy (non-hydrogen) atoms. The van der Waals surface area contributed by atoms with Crippen LogP contribution in [-0.4, -0.2) is 0 Å². The number of alkyl halides is 3. The topological polar surface area (TPSA) is 9.23 Å². The molecule has 0 bridgehead atoms. The van der Waals surface area contributed by atoms with Gasteiger partial charge in [0.25, 0.3) is 0 Å². The summed E-state index contributed by atoms with van der Waals surface area (Å²) in [5.41, 5.74) is 2.13. The van der Waals surface area contributed by atoms with E-state index in [1.54, 1.807) is 18.2 Å². The first-order chi connectivity index (χ1) is 15.8. The Morgan fingerprint density at radius 1 is 0.788 bits per heavy atom. The van der Waals surface area contributed by atoms with Gasteiger partial charge < -0.3 is 4.74 Å². The maximum Gasteiger partial charge on any atom is 0.417 e. The van der Waals surface area contributed by atoms with Gasteiger partial charge in [-0.3, -0.25) is 0 Å². The lowest BCUT2D eigenvalue weighted by atomic mass is 9.95. The van der Waals surface area contributed by atoms with E-state index in [0.717, 1.165) is 49.3 Å². The number of rotatable bonds is 10. The van der Waals surface area contributed by atoms with Crippen molar-refractivity contribution >= 4 is 0 Å². The monoisotopic (exact) mass is 454 g/mol. The number of unbranched alkanes of at least 4 members (excludes halogenated alkanes) is 3. The molecule has 0 N–H and O–H groups in total. The van der Waals surface area contributed by atoms with Crippen LogP contribution in [0.25, 0.3) is 11.1 Å². The highest BCUT2D eigenvalue weighted by atomic mass is 19.4. The van der Waals surface area contributed by atoms with Gasteiger partial charge >= 0.3 is 6.18 Å². The number of halogens is 3. The first-order valence-electron chi connectivity index (χ1n) is 11.8. The Balaban J connectivity index is 1.90. The second-order valence-electron chi connectivity index (χ2n) is 8.85. The summed E-state index contributed by atoms with van der Waals surface area (Å²) in [5.74, 6) is 0.568. The Morgan fingerprint density at radius 3 is 2.09 bits per heavy atom. The molecule has 0 aromatic heterocycles. The Labute approximate surface area is 195 Å². The van der Waals surface area contributed by atoms with Crippen LogP contribution < -0.4 is 4.74 Å². The van der Waals surface area contributed by atoms with Crippen molar-refractivity contribution in [2.24, 2.45) is 0 Å². The van der Waals surface area contributed by atoms with Crippen molar-refractivity contribution in [3.63, 3.8) is 0 Å². The highest BCUT2D eigenvalue weighted by Crippen LogP contribution is 2.40. The molecule has 0 amide bonds. The van der Waals surface area contributed by atoms with Crippen molar-refractivity contribution in [3.8, 4) is 16.9 Å². The van der Waals surface area contributed by atoms with Crippen LogP contribution in [0, 0.1) is 0 Å². The predicted molar refractivity (Wildman–Crippen MR) is 130 cm³/mol. The van der Waals surface area contributed by atoms with E-state index in [9.17, 15) is 13.2 Å². The smallest absolute Gasteiger partial charge is 0.417 e. The van der Waals surface area contributed by atoms with Crippen molar-refractivity contribution in [2.75, 3.05) is 0 Å². The number of benzene rings is 3. The third kappa shape index (κ3) is 6.86. The van der Waals surface area contributed by atoms with E-state index in [-0.39, 0.29) is 17.4 Å². The lowest BCUT2D eigenvalue weighted by Gasteiger charge is -2.22. The molecular formula is C29H33F3O. The van der Waals surface area contributed by atoms with Gasteiger partial charge in [-0.05, 0) is 53.1 Å². The molecule has 0 aliphatic carbocycles. The zero-order valence-corrected chi connectivity index (χ0v) is 19.7.